The molecule has 0 fully saturated rings. The molecule has 0 aliphatic carbocycles. The molecule has 4 heteroatoms. The summed E-state index contributed by atoms with van der Waals surface area (Å²) in [7, 11) is 0. The number of fused-ring (bicyclic) bond motifs is 1. The lowest BCUT2D eigenvalue weighted by Crippen LogP contribution is -2.39. The van der Waals surface area contributed by atoms with Gasteiger partial charge < -0.3 is 14.6 Å². The summed E-state index contributed by atoms with van der Waals surface area (Å²) in [6, 6.07) is 16.8. The second kappa shape index (κ2) is 6.26. The maximum absolute atomic E-state index is 5.84. The molecule has 4 rings (SSSR count). The van der Waals surface area contributed by atoms with Crippen LogP contribution in [0, 0.1) is 0 Å². The Balaban J connectivity index is 1.44. The van der Waals surface area contributed by atoms with Crippen LogP contribution in [0.25, 0.3) is 5.69 Å². The first-order valence-corrected chi connectivity index (χ1v) is 7.91. The van der Waals surface area contributed by atoms with Gasteiger partial charge in [-0.15, -0.1) is 0 Å². The number of benzene rings is 1. The van der Waals surface area contributed by atoms with Crippen LogP contribution >= 0.6 is 0 Å². The van der Waals surface area contributed by atoms with E-state index in [2.05, 4.69) is 51.4 Å². The van der Waals surface area contributed by atoms with Gasteiger partial charge in [-0.2, -0.15) is 0 Å². The molecule has 3 aromatic rings. The lowest BCUT2D eigenvalue weighted by Gasteiger charge is -2.26. The zero-order valence-corrected chi connectivity index (χ0v) is 12.9. The number of nitrogens with zero attached hydrogens (tertiary/aromatic N) is 2. The third-order valence-corrected chi connectivity index (χ3v) is 4.21. The summed E-state index contributed by atoms with van der Waals surface area (Å²) in [6.45, 7) is 1.52. The molecule has 2 aromatic heterocycles. The first-order valence-electron chi connectivity index (χ1n) is 7.91. The van der Waals surface area contributed by atoms with Gasteiger partial charge in [0.15, 0.2) is 0 Å². The van der Waals surface area contributed by atoms with Crippen molar-refractivity contribution >= 4 is 0 Å². The normalized spacial score (nSPS) is 16.6. The standard InChI is InChI=1S/C19H19N3O/c1-2-8-19-15(5-1)11-16(14-23-19)21-13-18-7-4-10-22(18)17-6-3-9-20-12-17/h1-10,12,16,21H,11,13-14H2. The van der Waals surface area contributed by atoms with E-state index in [1.165, 1.54) is 11.3 Å². The minimum absolute atomic E-state index is 0.335. The predicted octanol–water partition coefficient (Wildman–Crippen LogP) is 2.97. The molecule has 1 aliphatic heterocycles. The molecule has 1 aliphatic rings. The fraction of sp³-hybridized carbons (Fsp3) is 0.211. The van der Waals surface area contributed by atoms with Crippen LogP contribution in [0.15, 0.2) is 67.1 Å². The van der Waals surface area contributed by atoms with E-state index < -0.39 is 0 Å². The van der Waals surface area contributed by atoms with E-state index in [1.807, 2.05) is 24.4 Å². The second-order valence-corrected chi connectivity index (χ2v) is 5.78. The SMILES string of the molecule is c1cncc(-n2cccc2CNC2COc3ccccc3C2)c1. The van der Waals surface area contributed by atoms with E-state index in [0.29, 0.717) is 12.6 Å². The molecule has 0 bridgehead atoms. The van der Waals surface area contributed by atoms with Crippen LogP contribution in [-0.4, -0.2) is 22.2 Å². The van der Waals surface area contributed by atoms with Crippen molar-refractivity contribution in [3.8, 4) is 11.4 Å². The zero-order valence-electron chi connectivity index (χ0n) is 12.9. The number of hydrogen-bond acceptors (Lipinski definition) is 3. The van der Waals surface area contributed by atoms with Crippen molar-refractivity contribution in [3.05, 3.63) is 78.4 Å². The molecular formula is C19H19N3O. The molecule has 4 nitrogen and oxygen atoms in total. The van der Waals surface area contributed by atoms with Crippen LogP contribution in [-0.2, 0) is 13.0 Å². The molecule has 3 heterocycles. The largest absolute Gasteiger partial charge is 0.492 e. The maximum atomic E-state index is 5.84. The van der Waals surface area contributed by atoms with Crippen molar-refractivity contribution in [2.45, 2.75) is 19.0 Å². The van der Waals surface area contributed by atoms with Gasteiger partial charge in [0.25, 0.3) is 0 Å². The smallest absolute Gasteiger partial charge is 0.122 e. The quantitative estimate of drug-likeness (QED) is 0.805. The van der Waals surface area contributed by atoms with E-state index in [1.54, 1.807) is 6.20 Å². The van der Waals surface area contributed by atoms with Crippen LogP contribution in [0.5, 0.6) is 5.75 Å². The number of nitrogens with one attached hydrogen (secondary N) is 1. The number of aromatic nitrogens is 2. The lowest BCUT2D eigenvalue weighted by atomic mass is 10.0. The molecule has 1 atom stereocenters. The number of rotatable bonds is 4. The fourth-order valence-corrected chi connectivity index (χ4v) is 3.02. The van der Waals surface area contributed by atoms with Crippen LogP contribution in [0.2, 0.25) is 0 Å². The van der Waals surface area contributed by atoms with Crippen LogP contribution in [0.4, 0.5) is 0 Å². The first-order chi connectivity index (χ1) is 11.4. The van der Waals surface area contributed by atoms with Gasteiger partial charge in [-0.05, 0) is 42.3 Å². The molecular weight excluding hydrogens is 286 g/mol. The van der Waals surface area contributed by atoms with Gasteiger partial charge in [-0.3, -0.25) is 4.98 Å². The molecule has 23 heavy (non-hydrogen) atoms. The van der Waals surface area contributed by atoms with E-state index >= 15 is 0 Å². The molecule has 1 N–H and O–H groups in total. The average molecular weight is 305 g/mol. The minimum Gasteiger partial charge on any atom is -0.492 e. The maximum Gasteiger partial charge on any atom is 0.122 e. The van der Waals surface area contributed by atoms with Crippen LogP contribution in [0.3, 0.4) is 0 Å². The van der Waals surface area contributed by atoms with Gasteiger partial charge >= 0.3 is 0 Å². The van der Waals surface area contributed by atoms with Crippen LogP contribution in [0.1, 0.15) is 11.3 Å². The molecule has 116 valence electrons. The van der Waals surface area contributed by atoms with Gasteiger partial charge in [0.1, 0.15) is 12.4 Å². The zero-order chi connectivity index (χ0) is 15.5. The second-order valence-electron chi connectivity index (χ2n) is 5.78. The Labute approximate surface area is 135 Å². The minimum atomic E-state index is 0.335. The van der Waals surface area contributed by atoms with Crippen molar-refractivity contribution in [2.24, 2.45) is 0 Å². The van der Waals surface area contributed by atoms with Crippen molar-refractivity contribution < 1.29 is 4.74 Å². The number of ether oxygens (including phenoxy) is 1. The van der Waals surface area contributed by atoms with Crippen LogP contribution < -0.4 is 10.1 Å². The van der Waals surface area contributed by atoms with Gasteiger partial charge in [0.2, 0.25) is 0 Å². The molecule has 0 saturated carbocycles. The Morgan fingerprint density at radius 1 is 1.13 bits per heavy atom. The summed E-state index contributed by atoms with van der Waals surface area (Å²) in [6.07, 6.45) is 6.75. The number of pyridine rings is 1. The molecule has 0 amide bonds. The van der Waals surface area contributed by atoms with Crippen molar-refractivity contribution in [1.29, 1.82) is 0 Å². The third kappa shape index (κ3) is 2.98. The van der Waals surface area contributed by atoms with Gasteiger partial charge in [0, 0.05) is 30.7 Å². The van der Waals surface area contributed by atoms with Crippen molar-refractivity contribution in [1.82, 2.24) is 14.9 Å². The highest BCUT2D eigenvalue weighted by atomic mass is 16.5. The van der Waals surface area contributed by atoms with E-state index in [-0.39, 0.29) is 0 Å². The van der Waals surface area contributed by atoms with E-state index in [9.17, 15) is 0 Å². The monoisotopic (exact) mass is 305 g/mol. The van der Waals surface area contributed by atoms with Crippen molar-refractivity contribution in [3.63, 3.8) is 0 Å². The molecule has 1 unspecified atom stereocenters. The number of hydrogen-bond donors (Lipinski definition) is 1. The Morgan fingerprint density at radius 3 is 3.00 bits per heavy atom. The lowest BCUT2D eigenvalue weighted by molar-refractivity contribution is 0.237. The number of para-hydroxylation sites is 1. The molecule has 0 saturated heterocycles. The summed E-state index contributed by atoms with van der Waals surface area (Å²) in [5.74, 6) is 1.02. The summed E-state index contributed by atoms with van der Waals surface area (Å²) < 4.78 is 8.01. The highest BCUT2D eigenvalue weighted by Gasteiger charge is 2.19. The Hall–Kier alpha value is -2.59. The average Bonchev–Trinajstić information content (AvgIpc) is 3.09. The summed E-state index contributed by atoms with van der Waals surface area (Å²) >= 11 is 0. The Morgan fingerprint density at radius 2 is 2.09 bits per heavy atom. The first kappa shape index (κ1) is 14.0. The molecule has 0 radical (unpaired) electrons. The summed E-state index contributed by atoms with van der Waals surface area (Å²) in [4.78, 5) is 4.20. The van der Waals surface area contributed by atoms with E-state index in [0.717, 1.165) is 24.4 Å². The van der Waals surface area contributed by atoms with E-state index in [4.69, 9.17) is 4.74 Å². The Kier molecular flexibility index (Phi) is 3.82. The van der Waals surface area contributed by atoms with Gasteiger partial charge in [-0.25, -0.2) is 0 Å². The highest BCUT2D eigenvalue weighted by molar-refractivity contribution is 5.36. The van der Waals surface area contributed by atoms with Gasteiger partial charge in [-0.1, -0.05) is 18.2 Å². The van der Waals surface area contributed by atoms with Crippen molar-refractivity contribution in [2.75, 3.05) is 6.61 Å². The fourth-order valence-electron chi connectivity index (χ4n) is 3.02. The van der Waals surface area contributed by atoms with Gasteiger partial charge in [0.05, 0.1) is 11.9 Å². The third-order valence-electron chi connectivity index (χ3n) is 4.21. The Bertz CT molecular complexity index is 782. The summed E-state index contributed by atoms with van der Waals surface area (Å²) in [5.41, 5.74) is 3.58. The summed E-state index contributed by atoms with van der Waals surface area (Å²) in [5, 5.41) is 3.61. The molecule has 1 aromatic carbocycles. The predicted molar refractivity (Wildman–Crippen MR) is 89.8 cm³/mol. The highest BCUT2D eigenvalue weighted by Crippen LogP contribution is 2.24. The topological polar surface area (TPSA) is 39.1 Å². The molecule has 0 spiro atoms.